The van der Waals surface area contributed by atoms with E-state index in [1.54, 1.807) is 24.0 Å². The SMILES string of the molecule is O=C(CCn1cnnc1)N1CCC(C(O)c2cccs2)CC1. The Hall–Kier alpha value is -1.73. The summed E-state index contributed by atoms with van der Waals surface area (Å²) in [5.41, 5.74) is 0. The average Bonchev–Trinajstić information content (AvgIpc) is 3.25. The molecule has 0 bridgehead atoms. The van der Waals surface area contributed by atoms with E-state index in [4.69, 9.17) is 0 Å². The molecule has 0 aromatic carbocycles. The number of piperidine rings is 1. The minimum absolute atomic E-state index is 0.165. The van der Waals surface area contributed by atoms with Gasteiger partial charge in [0.25, 0.3) is 0 Å². The maximum atomic E-state index is 12.2. The van der Waals surface area contributed by atoms with E-state index < -0.39 is 6.10 Å². The Morgan fingerprint density at radius 3 is 2.73 bits per heavy atom. The molecule has 2 aromatic heterocycles. The molecule has 1 unspecified atom stereocenters. The van der Waals surface area contributed by atoms with E-state index in [0.717, 1.165) is 30.8 Å². The number of aromatic nitrogens is 3. The van der Waals surface area contributed by atoms with Gasteiger partial charge in [-0.15, -0.1) is 21.5 Å². The minimum Gasteiger partial charge on any atom is -0.387 e. The first-order chi connectivity index (χ1) is 10.7. The number of aliphatic hydroxyl groups is 1. The highest BCUT2D eigenvalue weighted by molar-refractivity contribution is 7.10. The van der Waals surface area contributed by atoms with Crippen LogP contribution in [-0.4, -0.2) is 43.8 Å². The van der Waals surface area contributed by atoms with Crippen molar-refractivity contribution in [2.75, 3.05) is 13.1 Å². The number of carbonyl (C=O) groups excluding carboxylic acids is 1. The molecule has 1 amide bonds. The van der Waals surface area contributed by atoms with Gasteiger partial charge < -0.3 is 14.6 Å². The molecule has 118 valence electrons. The number of aliphatic hydroxyl groups excluding tert-OH is 1. The highest BCUT2D eigenvalue weighted by Crippen LogP contribution is 2.32. The zero-order chi connectivity index (χ0) is 15.4. The summed E-state index contributed by atoms with van der Waals surface area (Å²) in [6, 6.07) is 3.94. The summed E-state index contributed by atoms with van der Waals surface area (Å²) in [6.07, 6.45) is 5.04. The number of amides is 1. The van der Waals surface area contributed by atoms with Gasteiger partial charge in [-0.2, -0.15) is 0 Å². The fourth-order valence-electron chi connectivity index (χ4n) is 2.88. The lowest BCUT2D eigenvalue weighted by atomic mass is 9.90. The molecule has 0 spiro atoms. The zero-order valence-corrected chi connectivity index (χ0v) is 13.2. The van der Waals surface area contributed by atoms with Crippen molar-refractivity contribution in [3.8, 4) is 0 Å². The van der Waals surface area contributed by atoms with Crippen LogP contribution in [0.3, 0.4) is 0 Å². The van der Waals surface area contributed by atoms with Crippen LogP contribution in [0, 0.1) is 5.92 Å². The van der Waals surface area contributed by atoms with Crippen molar-refractivity contribution in [1.29, 1.82) is 0 Å². The monoisotopic (exact) mass is 320 g/mol. The molecule has 0 saturated carbocycles. The van der Waals surface area contributed by atoms with Crippen molar-refractivity contribution in [3.63, 3.8) is 0 Å². The predicted molar refractivity (Wildman–Crippen MR) is 83.2 cm³/mol. The summed E-state index contributed by atoms with van der Waals surface area (Å²) in [7, 11) is 0. The number of rotatable bonds is 5. The molecule has 1 saturated heterocycles. The Morgan fingerprint density at radius 1 is 1.36 bits per heavy atom. The molecule has 0 aliphatic carbocycles. The van der Waals surface area contributed by atoms with Crippen LogP contribution in [0.2, 0.25) is 0 Å². The maximum absolute atomic E-state index is 12.2. The van der Waals surface area contributed by atoms with Gasteiger partial charge in [0, 0.05) is 30.9 Å². The molecule has 1 aliphatic rings. The van der Waals surface area contributed by atoms with E-state index >= 15 is 0 Å². The second kappa shape index (κ2) is 7.02. The summed E-state index contributed by atoms with van der Waals surface area (Å²) < 4.78 is 1.81. The topological polar surface area (TPSA) is 71.2 Å². The Balaban J connectivity index is 1.46. The lowest BCUT2D eigenvalue weighted by molar-refractivity contribution is -0.133. The van der Waals surface area contributed by atoms with Crippen LogP contribution in [0.5, 0.6) is 0 Å². The standard InChI is InChI=1S/C15H20N4O2S/c20-14(5-6-18-10-16-17-11-18)19-7-3-12(4-8-19)15(21)13-2-1-9-22-13/h1-2,9-12,15,21H,3-8H2. The van der Waals surface area contributed by atoms with Gasteiger partial charge in [0.15, 0.2) is 0 Å². The minimum atomic E-state index is -0.394. The number of aryl methyl sites for hydroxylation is 1. The van der Waals surface area contributed by atoms with Crippen molar-refractivity contribution in [1.82, 2.24) is 19.7 Å². The summed E-state index contributed by atoms with van der Waals surface area (Å²) in [5, 5.41) is 19.8. The van der Waals surface area contributed by atoms with Crippen molar-refractivity contribution >= 4 is 17.2 Å². The number of hydrogen-bond donors (Lipinski definition) is 1. The van der Waals surface area contributed by atoms with Crippen molar-refractivity contribution in [2.24, 2.45) is 5.92 Å². The first kappa shape index (κ1) is 15.2. The molecular formula is C15H20N4O2S. The third-order valence-electron chi connectivity index (χ3n) is 4.22. The van der Waals surface area contributed by atoms with Gasteiger partial charge in [-0.3, -0.25) is 4.79 Å². The third-order valence-corrected chi connectivity index (χ3v) is 5.17. The van der Waals surface area contributed by atoms with Gasteiger partial charge in [-0.05, 0) is 30.2 Å². The fourth-order valence-corrected chi connectivity index (χ4v) is 3.68. The van der Waals surface area contributed by atoms with E-state index in [1.807, 2.05) is 27.0 Å². The number of nitrogens with zero attached hydrogens (tertiary/aromatic N) is 4. The smallest absolute Gasteiger partial charge is 0.224 e. The number of thiophene rings is 1. The molecule has 3 rings (SSSR count). The van der Waals surface area contributed by atoms with Crippen LogP contribution in [0.15, 0.2) is 30.2 Å². The second-order valence-electron chi connectivity index (χ2n) is 5.63. The van der Waals surface area contributed by atoms with E-state index in [2.05, 4.69) is 10.2 Å². The first-order valence-electron chi connectivity index (χ1n) is 7.55. The molecule has 22 heavy (non-hydrogen) atoms. The molecule has 1 N–H and O–H groups in total. The first-order valence-corrected chi connectivity index (χ1v) is 8.43. The van der Waals surface area contributed by atoms with E-state index in [9.17, 15) is 9.90 Å². The average molecular weight is 320 g/mol. The molecule has 7 heteroatoms. The largest absolute Gasteiger partial charge is 0.387 e. The van der Waals surface area contributed by atoms with Gasteiger partial charge in [-0.1, -0.05) is 6.07 Å². The van der Waals surface area contributed by atoms with Crippen molar-refractivity contribution in [2.45, 2.75) is 31.9 Å². The Labute approximate surface area is 133 Å². The molecule has 1 aliphatic heterocycles. The Kier molecular flexibility index (Phi) is 4.84. The Bertz CT molecular complexity index is 577. The van der Waals surface area contributed by atoms with Gasteiger partial charge in [0.2, 0.25) is 5.91 Å². The molecule has 0 radical (unpaired) electrons. The van der Waals surface area contributed by atoms with Crippen LogP contribution in [-0.2, 0) is 11.3 Å². The van der Waals surface area contributed by atoms with E-state index in [0.29, 0.717) is 13.0 Å². The van der Waals surface area contributed by atoms with E-state index in [1.165, 1.54) is 0 Å². The van der Waals surface area contributed by atoms with E-state index in [-0.39, 0.29) is 11.8 Å². The fraction of sp³-hybridized carbons (Fsp3) is 0.533. The van der Waals surface area contributed by atoms with Crippen LogP contribution in [0.4, 0.5) is 0 Å². The summed E-state index contributed by atoms with van der Waals surface area (Å²) in [5.74, 6) is 0.415. The van der Waals surface area contributed by atoms with Crippen molar-refractivity contribution in [3.05, 3.63) is 35.0 Å². The number of carbonyl (C=O) groups is 1. The zero-order valence-electron chi connectivity index (χ0n) is 12.3. The van der Waals surface area contributed by atoms with Crippen molar-refractivity contribution < 1.29 is 9.90 Å². The molecule has 3 heterocycles. The lowest BCUT2D eigenvalue weighted by Gasteiger charge is -2.34. The molecule has 2 aromatic rings. The number of hydrogen-bond acceptors (Lipinski definition) is 5. The van der Waals surface area contributed by atoms with Gasteiger partial charge in [-0.25, -0.2) is 0 Å². The Morgan fingerprint density at radius 2 is 2.09 bits per heavy atom. The normalized spacial score (nSPS) is 17.6. The maximum Gasteiger partial charge on any atom is 0.224 e. The van der Waals surface area contributed by atoms with Gasteiger partial charge in [0.05, 0.1) is 6.10 Å². The second-order valence-corrected chi connectivity index (χ2v) is 6.61. The third kappa shape index (κ3) is 3.53. The summed E-state index contributed by atoms with van der Waals surface area (Å²) in [6.45, 7) is 2.08. The predicted octanol–water partition coefficient (Wildman–Crippen LogP) is 1.70. The quantitative estimate of drug-likeness (QED) is 0.910. The number of likely N-dealkylation sites (tertiary alicyclic amines) is 1. The van der Waals surface area contributed by atoms with Gasteiger partial charge >= 0.3 is 0 Å². The van der Waals surface area contributed by atoms with Crippen LogP contribution >= 0.6 is 11.3 Å². The lowest BCUT2D eigenvalue weighted by Crippen LogP contribution is -2.40. The molecule has 6 nitrogen and oxygen atoms in total. The van der Waals surface area contributed by atoms with Gasteiger partial charge in [0.1, 0.15) is 12.7 Å². The van der Waals surface area contributed by atoms with Crippen LogP contribution in [0.1, 0.15) is 30.2 Å². The van der Waals surface area contributed by atoms with Crippen LogP contribution in [0.25, 0.3) is 0 Å². The molecule has 1 fully saturated rings. The summed E-state index contributed by atoms with van der Waals surface area (Å²) >= 11 is 1.59. The van der Waals surface area contributed by atoms with Crippen LogP contribution < -0.4 is 0 Å². The molecular weight excluding hydrogens is 300 g/mol. The molecule has 1 atom stereocenters. The summed E-state index contributed by atoms with van der Waals surface area (Å²) in [4.78, 5) is 15.1. The highest BCUT2D eigenvalue weighted by Gasteiger charge is 2.28. The highest BCUT2D eigenvalue weighted by atomic mass is 32.1.